The van der Waals surface area contributed by atoms with Crippen LogP contribution in [0.2, 0.25) is 0 Å². The van der Waals surface area contributed by atoms with Crippen molar-refractivity contribution in [3.63, 3.8) is 0 Å². The number of benzene rings is 3. The van der Waals surface area contributed by atoms with Crippen LogP contribution in [0.4, 0.5) is 15.8 Å². The lowest BCUT2D eigenvalue weighted by atomic mass is 10.1. The number of nitrogens with zero attached hydrogens (tertiary/aromatic N) is 1. The first-order valence-corrected chi connectivity index (χ1v) is 9.56. The minimum atomic E-state index is -1.16. The molecule has 0 saturated carbocycles. The summed E-state index contributed by atoms with van der Waals surface area (Å²) in [6, 6.07) is 20.6. The van der Waals surface area contributed by atoms with Crippen molar-refractivity contribution in [2.45, 2.75) is 13.0 Å². The summed E-state index contributed by atoms with van der Waals surface area (Å²) in [5.74, 6) is -2.33. The SMILES string of the molecule is CC(OC(=O)c1ccccc1C(=O)N(C)c1ccccc1)C(=O)Nc1cccc(F)c1. The van der Waals surface area contributed by atoms with E-state index in [0.29, 0.717) is 5.69 Å². The summed E-state index contributed by atoms with van der Waals surface area (Å²) in [7, 11) is 1.61. The van der Waals surface area contributed by atoms with E-state index in [2.05, 4.69) is 5.32 Å². The lowest BCUT2D eigenvalue weighted by Crippen LogP contribution is -2.32. The van der Waals surface area contributed by atoms with Gasteiger partial charge in [0.1, 0.15) is 5.82 Å². The highest BCUT2D eigenvalue weighted by Crippen LogP contribution is 2.19. The summed E-state index contributed by atoms with van der Waals surface area (Å²) in [5, 5.41) is 2.49. The maximum Gasteiger partial charge on any atom is 0.339 e. The maximum atomic E-state index is 13.3. The molecular formula is C24H21FN2O4. The topological polar surface area (TPSA) is 75.7 Å². The van der Waals surface area contributed by atoms with Crippen LogP contribution >= 0.6 is 0 Å². The van der Waals surface area contributed by atoms with Crippen LogP contribution in [0.1, 0.15) is 27.6 Å². The molecule has 0 aliphatic heterocycles. The van der Waals surface area contributed by atoms with Gasteiger partial charge in [0.25, 0.3) is 11.8 Å². The van der Waals surface area contributed by atoms with Crippen molar-refractivity contribution in [2.24, 2.45) is 0 Å². The molecule has 0 saturated heterocycles. The summed E-state index contributed by atoms with van der Waals surface area (Å²) < 4.78 is 18.5. The highest BCUT2D eigenvalue weighted by Gasteiger charge is 2.24. The fourth-order valence-corrected chi connectivity index (χ4v) is 2.88. The number of nitrogens with one attached hydrogen (secondary N) is 1. The van der Waals surface area contributed by atoms with Gasteiger partial charge in [-0.3, -0.25) is 9.59 Å². The smallest absolute Gasteiger partial charge is 0.339 e. The van der Waals surface area contributed by atoms with Crippen molar-refractivity contribution < 1.29 is 23.5 Å². The van der Waals surface area contributed by atoms with Gasteiger partial charge in [-0.1, -0.05) is 36.4 Å². The van der Waals surface area contributed by atoms with Gasteiger partial charge in [-0.2, -0.15) is 0 Å². The number of hydrogen-bond acceptors (Lipinski definition) is 4. The van der Waals surface area contributed by atoms with E-state index in [-0.39, 0.29) is 16.8 Å². The molecule has 1 unspecified atom stereocenters. The lowest BCUT2D eigenvalue weighted by molar-refractivity contribution is -0.123. The standard InChI is InChI=1S/C24H21FN2O4/c1-16(22(28)26-18-10-8-9-17(25)15-18)31-24(30)21-14-7-6-13-20(21)23(29)27(2)19-11-4-3-5-12-19/h3-16H,1-2H3,(H,26,28). The molecule has 0 radical (unpaired) electrons. The zero-order valence-corrected chi connectivity index (χ0v) is 17.0. The fraction of sp³-hybridized carbons (Fsp3) is 0.125. The van der Waals surface area contributed by atoms with E-state index < -0.39 is 29.7 Å². The second kappa shape index (κ2) is 9.67. The van der Waals surface area contributed by atoms with Gasteiger partial charge in [0.05, 0.1) is 11.1 Å². The molecule has 0 aromatic heterocycles. The molecule has 1 atom stereocenters. The second-order valence-corrected chi connectivity index (χ2v) is 6.79. The van der Waals surface area contributed by atoms with Crippen LogP contribution in [-0.2, 0) is 9.53 Å². The molecule has 0 aliphatic carbocycles. The predicted molar refractivity (Wildman–Crippen MR) is 116 cm³/mol. The third kappa shape index (κ3) is 5.33. The molecule has 0 fully saturated rings. The van der Waals surface area contributed by atoms with Crippen LogP contribution < -0.4 is 10.2 Å². The largest absolute Gasteiger partial charge is 0.449 e. The number of rotatable bonds is 6. The van der Waals surface area contributed by atoms with Crippen molar-refractivity contribution in [1.29, 1.82) is 0 Å². The summed E-state index contributed by atoms with van der Waals surface area (Å²) in [5.41, 5.74) is 1.10. The van der Waals surface area contributed by atoms with Crippen molar-refractivity contribution in [2.75, 3.05) is 17.3 Å². The first kappa shape index (κ1) is 21.7. The van der Waals surface area contributed by atoms with Crippen LogP contribution in [0.5, 0.6) is 0 Å². The summed E-state index contributed by atoms with van der Waals surface area (Å²) >= 11 is 0. The third-order valence-electron chi connectivity index (χ3n) is 4.57. The van der Waals surface area contributed by atoms with Crippen LogP contribution in [0, 0.1) is 5.82 Å². The minimum absolute atomic E-state index is 0.0423. The predicted octanol–water partition coefficient (Wildman–Crippen LogP) is 4.29. The van der Waals surface area contributed by atoms with Crippen LogP contribution in [-0.4, -0.2) is 30.9 Å². The van der Waals surface area contributed by atoms with Crippen LogP contribution in [0.3, 0.4) is 0 Å². The minimum Gasteiger partial charge on any atom is -0.449 e. The third-order valence-corrected chi connectivity index (χ3v) is 4.57. The molecule has 3 aromatic rings. The Hall–Kier alpha value is -4.00. The fourth-order valence-electron chi connectivity index (χ4n) is 2.88. The number of carbonyl (C=O) groups is 3. The van der Waals surface area contributed by atoms with Gasteiger partial charge in [0, 0.05) is 18.4 Å². The number of amides is 2. The Balaban J connectivity index is 1.73. The number of hydrogen-bond donors (Lipinski definition) is 1. The molecular weight excluding hydrogens is 399 g/mol. The molecule has 6 nitrogen and oxygen atoms in total. The van der Waals surface area contributed by atoms with Gasteiger partial charge in [0.2, 0.25) is 0 Å². The maximum absolute atomic E-state index is 13.3. The Morgan fingerprint density at radius 3 is 2.23 bits per heavy atom. The summed E-state index contributed by atoms with van der Waals surface area (Å²) in [6.45, 7) is 1.40. The summed E-state index contributed by atoms with van der Waals surface area (Å²) in [6.07, 6.45) is -1.16. The molecule has 158 valence electrons. The highest BCUT2D eigenvalue weighted by atomic mass is 19.1. The number of para-hydroxylation sites is 1. The molecule has 3 aromatic carbocycles. The van der Waals surface area contributed by atoms with Gasteiger partial charge in [-0.15, -0.1) is 0 Å². The first-order valence-electron chi connectivity index (χ1n) is 9.56. The average molecular weight is 420 g/mol. The van der Waals surface area contributed by atoms with E-state index in [9.17, 15) is 18.8 Å². The number of carbonyl (C=O) groups excluding carboxylic acids is 3. The van der Waals surface area contributed by atoms with E-state index in [1.54, 1.807) is 43.4 Å². The molecule has 31 heavy (non-hydrogen) atoms. The lowest BCUT2D eigenvalue weighted by Gasteiger charge is -2.19. The molecule has 7 heteroatoms. The van der Waals surface area contributed by atoms with Crippen LogP contribution in [0.15, 0.2) is 78.9 Å². The Labute approximate surface area is 179 Å². The van der Waals surface area contributed by atoms with Crippen molar-refractivity contribution in [3.8, 4) is 0 Å². The normalized spacial score (nSPS) is 11.3. The van der Waals surface area contributed by atoms with Gasteiger partial charge < -0.3 is 15.0 Å². The highest BCUT2D eigenvalue weighted by molar-refractivity contribution is 6.12. The van der Waals surface area contributed by atoms with Crippen molar-refractivity contribution in [3.05, 3.63) is 95.8 Å². The Morgan fingerprint density at radius 2 is 1.55 bits per heavy atom. The zero-order chi connectivity index (χ0) is 22.4. The Kier molecular flexibility index (Phi) is 6.77. The van der Waals surface area contributed by atoms with E-state index in [1.165, 1.54) is 42.2 Å². The molecule has 0 spiro atoms. The summed E-state index contributed by atoms with van der Waals surface area (Å²) in [4.78, 5) is 39.4. The molecule has 0 bridgehead atoms. The second-order valence-electron chi connectivity index (χ2n) is 6.79. The van der Waals surface area contributed by atoms with Crippen molar-refractivity contribution >= 4 is 29.2 Å². The molecule has 0 heterocycles. The van der Waals surface area contributed by atoms with E-state index >= 15 is 0 Å². The Morgan fingerprint density at radius 1 is 0.903 bits per heavy atom. The number of anilines is 2. The van der Waals surface area contributed by atoms with E-state index in [0.717, 1.165) is 6.07 Å². The number of esters is 1. The van der Waals surface area contributed by atoms with E-state index in [1.807, 2.05) is 6.07 Å². The number of ether oxygens (including phenoxy) is 1. The van der Waals surface area contributed by atoms with Crippen molar-refractivity contribution in [1.82, 2.24) is 0 Å². The quantitative estimate of drug-likeness (QED) is 0.604. The van der Waals surface area contributed by atoms with Gasteiger partial charge in [0.15, 0.2) is 6.10 Å². The van der Waals surface area contributed by atoms with Gasteiger partial charge in [-0.05, 0) is 49.4 Å². The van der Waals surface area contributed by atoms with Crippen LogP contribution in [0.25, 0.3) is 0 Å². The van der Waals surface area contributed by atoms with Gasteiger partial charge in [-0.25, -0.2) is 9.18 Å². The molecule has 0 aliphatic rings. The molecule has 3 rings (SSSR count). The first-order chi connectivity index (χ1) is 14.9. The monoisotopic (exact) mass is 420 g/mol. The zero-order valence-electron chi connectivity index (χ0n) is 17.0. The number of halogens is 1. The Bertz CT molecular complexity index is 1100. The van der Waals surface area contributed by atoms with Gasteiger partial charge >= 0.3 is 5.97 Å². The van der Waals surface area contributed by atoms with E-state index in [4.69, 9.17) is 4.74 Å². The molecule has 1 N–H and O–H groups in total. The average Bonchev–Trinajstić information content (AvgIpc) is 2.78. The molecule has 2 amide bonds.